The first-order valence-corrected chi connectivity index (χ1v) is 8.27. The fraction of sp³-hybridized carbons (Fsp3) is 0.0667. The zero-order valence-corrected chi connectivity index (χ0v) is 15.4. The first-order chi connectivity index (χ1) is 10.3. The summed E-state index contributed by atoms with van der Waals surface area (Å²) in [5, 5.41) is 30.0. The Morgan fingerprint density at radius 1 is 0.818 bits per heavy atom. The van der Waals surface area contributed by atoms with Gasteiger partial charge in [-0.2, -0.15) is 0 Å². The van der Waals surface area contributed by atoms with E-state index in [1.165, 1.54) is 12.1 Å². The average molecular weight is 522 g/mol. The standard InChI is InChI=1S/C15H8I2O5/c1-4-2-6(18)9-10(11(4)16)13(20)5-3-7(19)12(17)15(22)8(5)14(9)21/h2-3,18-19,22H,1H3. The summed E-state index contributed by atoms with van der Waals surface area (Å²) >= 11 is 3.63. The molecule has 3 rings (SSSR count). The van der Waals surface area contributed by atoms with Crippen LogP contribution in [0.25, 0.3) is 0 Å². The van der Waals surface area contributed by atoms with Gasteiger partial charge < -0.3 is 15.3 Å². The maximum atomic E-state index is 12.7. The minimum atomic E-state index is -0.629. The molecule has 1 aliphatic carbocycles. The van der Waals surface area contributed by atoms with Crippen LogP contribution in [0.1, 0.15) is 37.4 Å². The molecule has 0 spiro atoms. The highest BCUT2D eigenvalue weighted by Crippen LogP contribution is 2.43. The predicted molar refractivity (Wildman–Crippen MR) is 94.9 cm³/mol. The van der Waals surface area contributed by atoms with Gasteiger partial charge >= 0.3 is 0 Å². The Morgan fingerprint density at radius 3 is 2.09 bits per heavy atom. The summed E-state index contributed by atoms with van der Waals surface area (Å²) in [4.78, 5) is 25.4. The monoisotopic (exact) mass is 522 g/mol. The number of ketones is 2. The summed E-state index contributed by atoms with van der Waals surface area (Å²) < 4.78 is 0.647. The second-order valence-corrected chi connectivity index (χ2v) is 7.07. The Kier molecular flexibility index (Phi) is 3.59. The lowest BCUT2D eigenvalue weighted by Gasteiger charge is -2.22. The van der Waals surface area contributed by atoms with Crippen molar-refractivity contribution >= 4 is 56.7 Å². The van der Waals surface area contributed by atoms with Crippen LogP contribution in [0.3, 0.4) is 0 Å². The average Bonchev–Trinajstić information content (AvgIpc) is 2.45. The van der Waals surface area contributed by atoms with Gasteiger partial charge in [-0.25, -0.2) is 0 Å². The van der Waals surface area contributed by atoms with Crippen molar-refractivity contribution in [3.63, 3.8) is 0 Å². The van der Waals surface area contributed by atoms with Crippen molar-refractivity contribution in [3.05, 3.63) is 47.1 Å². The molecule has 7 heteroatoms. The fourth-order valence-electron chi connectivity index (χ4n) is 2.52. The van der Waals surface area contributed by atoms with Gasteiger partial charge in [0, 0.05) is 9.13 Å². The Labute approximate surface area is 152 Å². The lowest BCUT2D eigenvalue weighted by Crippen LogP contribution is -2.23. The van der Waals surface area contributed by atoms with Crippen molar-refractivity contribution in [2.24, 2.45) is 0 Å². The van der Waals surface area contributed by atoms with Crippen LogP contribution in [0.5, 0.6) is 17.2 Å². The number of rotatable bonds is 0. The minimum absolute atomic E-state index is 0.0594. The van der Waals surface area contributed by atoms with E-state index in [0.29, 0.717) is 9.13 Å². The van der Waals surface area contributed by atoms with Gasteiger partial charge in [-0.15, -0.1) is 0 Å². The molecule has 2 aromatic carbocycles. The second kappa shape index (κ2) is 5.08. The van der Waals surface area contributed by atoms with Crippen LogP contribution in [0.15, 0.2) is 12.1 Å². The molecular formula is C15H8I2O5. The van der Waals surface area contributed by atoms with Crippen LogP contribution >= 0.6 is 45.2 Å². The highest BCUT2D eigenvalue weighted by molar-refractivity contribution is 14.1. The number of carbonyl (C=O) groups is 2. The lowest BCUT2D eigenvalue weighted by molar-refractivity contribution is 0.0973. The van der Waals surface area contributed by atoms with Crippen LogP contribution in [-0.4, -0.2) is 26.9 Å². The molecule has 3 N–H and O–H groups in total. The predicted octanol–water partition coefficient (Wildman–Crippen LogP) is 3.10. The molecule has 0 amide bonds. The van der Waals surface area contributed by atoms with Gasteiger partial charge in [-0.3, -0.25) is 9.59 Å². The number of hydrogen-bond acceptors (Lipinski definition) is 5. The number of halogens is 2. The van der Waals surface area contributed by atoms with Crippen molar-refractivity contribution in [2.45, 2.75) is 6.92 Å². The van der Waals surface area contributed by atoms with E-state index >= 15 is 0 Å². The number of fused-ring (bicyclic) bond motifs is 2. The minimum Gasteiger partial charge on any atom is -0.507 e. The van der Waals surface area contributed by atoms with E-state index in [2.05, 4.69) is 0 Å². The molecule has 0 radical (unpaired) electrons. The first kappa shape index (κ1) is 15.5. The van der Waals surface area contributed by atoms with Crippen LogP contribution in [-0.2, 0) is 0 Å². The molecule has 112 valence electrons. The molecule has 5 nitrogen and oxygen atoms in total. The van der Waals surface area contributed by atoms with Crippen molar-refractivity contribution < 1.29 is 24.9 Å². The zero-order valence-electron chi connectivity index (χ0n) is 11.1. The highest BCUT2D eigenvalue weighted by atomic mass is 127. The van der Waals surface area contributed by atoms with E-state index in [1.807, 2.05) is 22.6 Å². The van der Waals surface area contributed by atoms with Crippen LogP contribution in [0.2, 0.25) is 0 Å². The largest absolute Gasteiger partial charge is 0.507 e. The van der Waals surface area contributed by atoms with Gasteiger partial charge in [-0.1, -0.05) is 0 Å². The number of aryl methyl sites for hydroxylation is 1. The number of hydrogen-bond donors (Lipinski definition) is 3. The molecule has 0 heterocycles. The molecule has 0 aromatic heterocycles. The Bertz CT molecular complexity index is 882. The van der Waals surface area contributed by atoms with Crippen molar-refractivity contribution in [2.75, 3.05) is 0 Å². The molecule has 0 bridgehead atoms. The molecule has 0 saturated carbocycles. The summed E-state index contributed by atoms with van der Waals surface area (Å²) in [5.74, 6) is -2.15. The zero-order chi connectivity index (χ0) is 16.3. The number of phenolic OH excluding ortho intramolecular Hbond substituents is 3. The van der Waals surface area contributed by atoms with Gasteiger partial charge in [0.1, 0.15) is 17.2 Å². The second-order valence-electron chi connectivity index (χ2n) is 4.92. The SMILES string of the molecule is Cc1cc(O)c2c(c1I)C(=O)c1cc(O)c(I)c(O)c1C2=O. The molecule has 0 atom stereocenters. The summed E-state index contributed by atoms with van der Waals surface area (Å²) in [6.45, 7) is 1.72. The maximum absolute atomic E-state index is 12.7. The summed E-state index contributed by atoms with van der Waals surface area (Å²) in [6.07, 6.45) is 0. The molecule has 0 unspecified atom stereocenters. The third kappa shape index (κ3) is 1.94. The van der Waals surface area contributed by atoms with Crippen LogP contribution in [0.4, 0.5) is 0 Å². The number of carbonyl (C=O) groups excluding carboxylic acids is 2. The van der Waals surface area contributed by atoms with E-state index in [4.69, 9.17) is 0 Å². The van der Waals surface area contributed by atoms with Gasteiger partial charge in [-0.05, 0) is 69.8 Å². The summed E-state index contributed by atoms with van der Waals surface area (Å²) in [6, 6.07) is 2.59. The summed E-state index contributed by atoms with van der Waals surface area (Å²) in [7, 11) is 0. The van der Waals surface area contributed by atoms with Gasteiger partial charge in [0.05, 0.1) is 20.3 Å². The maximum Gasteiger partial charge on any atom is 0.202 e. The van der Waals surface area contributed by atoms with Gasteiger partial charge in [0.2, 0.25) is 5.78 Å². The number of benzene rings is 2. The Morgan fingerprint density at radius 2 is 1.45 bits per heavy atom. The van der Waals surface area contributed by atoms with E-state index in [0.717, 1.165) is 0 Å². The summed E-state index contributed by atoms with van der Waals surface area (Å²) in [5.41, 5.74) is 0.422. The Hall–Kier alpha value is -1.36. The smallest absolute Gasteiger partial charge is 0.202 e. The topological polar surface area (TPSA) is 94.8 Å². The van der Waals surface area contributed by atoms with E-state index in [1.54, 1.807) is 29.5 Å². The molecule has 1 aliphatic rings. The highest BCUT2D eigenvalue weighted by Gasteiger charge is 2.37. The van der Waals surface area contributed by atoms with E-state index < -0.39 is 17.3 Å². The Balaban J connectivity index is 2.46. The quantitative estimate of drug-likeness (QED) is 0.395. The molecule has 22 heavy (non-hydrogen) atoms. The molecule has 2 aromatic rings. The van der Waals surface area contributed by atoms with Gasteiger partial charge in [0.25, 0.3) is 0 Å². The normalized spacial score (nSPS) is 13.0. The van der Waals surface area contributed by atoms with Crippen molar-refractivity contribution in [1.82, 2.24) is 0 Å². The van der Waals surface area contributed by atoms with Crippen molar-refractivity contribution in [3.8, 4) is 17.2 Å². The first-order valence-electron chi connectivity index (χ1n) is 6.11. The van der Waals surface area contributed by atoms with Crippen LogP contribution in [0, 0.1) is 14.1 Å². The number of aromatic hydroxyl groups is 3. The molecular weight excluding hydrogens is 514 g/mol. The third-order valence-corrected chi connectivity index (χ3v) is 6.02. The van der Waals surface area contributed by atoms with Crippen LogP contribution < -0.4 is 0 Å². The van der Waals surface area contributed by atoms with Crippen molar-refractivity contribution in [1.29, 1.82) is 0 Å². The third-order valence-electron chi connectivity index (χ3n) is 3.57. The number of phenols is 3. The lowest BCUT2D eigenvalue weighted by atomic mass is 9.82. The van der Waals surface area contributed by atoms with E-state index in [-0.39, 0.29) is 37.3 Å². The van der Waals surface area contributed by atoms with Gasteiger partial charge in [0.15, 0.2) is 5.78 Å². The fourth-order valence-corrected chi connectivity index (χ4v) is 3.61. The molecule has 0 aliphatic heterocycles. The van der Waals surface area contributed by atoms with E-state index in [9.17, 15) is 24.9 Å². The molecule has 0 fully saturated rings. The molecule has 0 saturated heterocycles.